The second kappa shape index (κ2) is 51.4. The number of hydrogen-bond acceptors (Lipinski definition) is 30. The van der Waals surface area contributed by atoms with Gasteiger partial charge in [-0.2, -0.15) is 0 Å². The number of cyclic esters (lactones) is 2. The third-order valence-corrected chi connectivity index (χ3v) is 44.8. The number of Topliss-reactive ketones (excluding diaryl/α,β-unsaturated/α-hetero) is 3. The summed E-state index contributed by atoms with van der Waals surface area (Å²) in [6.45, 7) is 17.5. The number of nitrogens with one attached hydrogen (secondary N) is 1. The van der Waals surface area contributed by atoms with Crippen molar-refractivity contribution < 1.29 is 90.8 Å². The summed E-state index contributed by atoms with van der Waals surface area (Å²) >= 11 is 5.72. The minimum absolute atomic E-state index is 0.0897. The van der Waals surface area contributed by atoms with Crippen molar-refractivity contribution in [3.63, 3.8) is 0 Å². The highest BCUT2D eigenvalue weighted by molar-refractivity contribution is 8.78. The highest BCUT2D eigenvalue weighted by Crippen LogP contribution is 2.85. The molecule has 4 unspecified atom stereocenters. The molecule has 18 rings (SSSR count). The molecule has 4 spiro atoms. The molecular formula is C101H162ClN5O19S8. The molecule has 12 heterocycles. The number of amides is 1. The maximum absolute atomic E-state index is 13.3. The number of carboxylic acid groups (broad SMARTS) is 1. The van der Waals surface area contributed by atoms with Crippen LogP contribution < -0.4 is 28.3 Å². The summed E-state index contributed by atoms with van der Waals surface area (Å²) in [6.07, 6.45) is 48.0. The molecule has 0 bridgehead atoms. The van der Waals surface area contributed by atoms with E-state index in [2.05, 4.69) is 46.9 Å². The Morgan fingerprint density at radius 2 is 0.746 bits per heavy atom. The predicted octanol–water partition coefficient (Wildman–Crippen LogP) is 21.3. The Labute approximate surface area is 836 Å². The van der Waals surface area contributed by atoms with Crippen molar-refractivity contribution >= 4 is 145 Å². The fraction of sp³-hybridized carbons (Fsp3) is 0.881. The number of carboxylic acids is 1. The molecule has 4 saturated carbocycles. The van der Waals surface area contributed by atoms with Gasteiger partial charge in [-0.1, -0.05) is 224 Å². The molecule has 0 aromatic heterocycles. The lowest BCUT2D eigenvalue weighted by Gasteiger charge is -2.53. The van der Waals surface area contributed by atoms with Crippen LogP contribution in [0.5, 0.6) is 0 Å². The zero-order chi connectivity index (χ0) is 95.3. The Morgan fingerprint density at radius 1 is 0.425 bits per heavy atom. The molecule has 134 heavy (non-hydrogen) atoms. The maximum Gasteiger partial charge on any atom is 0.407 e. The highest BCUT2D eigenvalue weighted by atomic mass is 35.5. The Bertz CT molecular complexity index is 3900. The molecule has 24 nitrogen and oxygen atoms in total. The minimum atomic E-state index is -0.835. The van der Waals surface area contributed by atoms with Crippen LogP contribution in [0.4, 0.5) is 9.59 Å². The van der Waals surface area contributed by atoms with Crippen LogP contribution in [0.15, 0.2) is 22.3 Å². The van der Waals surface area contributed by atoms with E-state index in [4.69, 9.17) is 87.0 Å². The maximum atomic E-state index is 13.3. The number of rotatable bonds is 51. The second-order valence-corrected chi connectivity index (χ2v) is 53.3. The molecule has 14 fully saturated rings. The van der Waals surface area contributed by atoms with Crippen molar-refractivity contribution in [1.29, 1.82) is 0 Å². The lowest BCUT2D eigenvalue weighted by atomic mass is 9.46. The van der Waals surface area contributed by atoms with Gasteiger partial charge < -0.3 is 80.7 Å². The Kier molecular flexibility index (Phi) is 42.0. The van der Waals surface area contributed by atoms with Crippen LogP contribution in [0.1, 0.15) is 350 Å². The highest BCUT2D eigenvalue weighted by Gasteiger charge is 3.03. The predicted molar refractivity (Wildman–Crippen MR) is 545 cm³/mol. The van der Waals surface area contributed by atoms with E-state index in [9.17, 15) is 38.4 Å². The average Bonchev–Trinajstić information content (AvgIpc) is 1.42. The monoisotopic (exact) mass is 2040 g/mol. The van der Waals surface area contributed by atoms with Crippen molar-refractivity contribution in [1.82, 2.24) is 5.32 Å². The molecule has 22 atom stereocenters. The summed E-state index contributed by atoms with van der Waals surface area (Å²) in [5.74, 6) is 6.09. The Morgan fingerprint density at radius 3 is 1.07 bits per heavy atom. The van der Waals surface area contributed by atoms with Crippen LogP contribution in [-0.2, 0) is 76.1 Å². The molecule has 33 heteroatoms. The van der Waals surface area contributed by atoms with E-state index in [0.717, 1.165) is 230 Å². The fourth-order valence-electron chi connectivity index (χ4n) is 25.1. The Balaban J connectivity index is 0.000000150. The molecule has 0 aromatic carbocycles. The lowest BCUT2D eigenvalue weighted by Crippen LogP contribution is -2.70. The first-order valence-electron chi connectivity index (χ1n) is 52.1. The van der Waals surface area contributed by atoms with Crippen molar-refractivity contribution in [2.24, 2.45) is 57.4 Å². The number of ketones is 3. The van der Waals surface area contributed by atoms with Crippen molar-refractivity contribution in [3.8, 4) is 0 Å². The number of aliphatic carboxylic acids is 1. The van der Waals surface area contributed by atoms with E-state index in [-0.39, 0.29) is 83.1 Å². The van der Waals surface area contributed by atoms with Crippen molar-refractivity contribution in [2.75, 3.05) is 68.9 Å². The van der Waals surface area contributed by atoms with Crippen LogP contribution in [0.25, 0.3) is 0 Å². The van der Waals surface area contributed by atoms with E-state index in [1.54, 1.807) is 0 Å². The van der Waals surface area contributed by atoms with E-state index >= 15 is 0 Å². The quantitative estimate of drug-likeness (QED) is 0.00822. The number of epoxide rings is 6. The molecule has 6 aliphatic carbocycles. The van der Waals surface area contributed by atoms with Crippen molar-refractivity contribution in [2.45, 2.75) is 453 Å². The summed E-state index contributed by atoms with van der Waals surface area (Å²) in [6, 6.07) is 0. The number of unbranched alkanes of at least 4 members (excludes halogenated alkanes) is 19. The number of carbonyl (C=O) groups excluding carboxylic acids is 7. The second-order valence-electron chi connectivity index (χ2n) is 41.9. The minimum Gasteiger partial charge on any atom is -0.481 e. The van der Waals surface area contributed by atoms with E-state index in [0.29, 0.717) is 62.8 Å². The number of nitrogens with two attached hydrogens (primary N) is 4. The SMILES string of the molecule is CC(C)[C@]12O[C@H]1[C@@H]1O[C@]13[C@]1(O[C@H]1C[C@H]1C4=C(CC[C@@]13C)C(=O)OC4)[C@@H]2OC(=O)Cl.CC(C)[C@]12O[C@H]1[C@@H]1O[C@]13[C@]1(O[C@H]1C[C@H]1C4=C(CC[C@@]13C)C(=O)OC4)[C@@H]2OC(=O)NCCCCCCCC(=O)CCCCC1CCSS1.NCCCCCCCC(=O)CCCCC1CCSS1.NCCCCCCCC(=O)CCCCC1CCSS1.NCCCCCCN.O=C(O)CCCCC1CCSS1. The van der Waals surface area contributed by atoms with Crippen LogP contribution in [0.2, 0.25) is 0 Å². The molecule has 12 aliphatic heterocycles. The summed E-state index contributed by atoms with van der Waals surface area (Å²) in [4.78, 5) is 95.7. The number of esters is 2. The fourth-order valence-corrected chi connectivity index (χ4v) is 37.3. The zero-order valence-corrected chi connectivity index (χ0v) is 88.5. The normalized spacial score (nSPS) is 35.6. The van der Waals surface area contributed by atoms with Gasteiger partial charge in [-0.3, -0.25) is 19.2 Å². The van der Waals surface area contributed by atoms with E-state index in [1.807, 2.05) is 86.4 Å². The molecule has 1 amide bonds. The molecular weight excluding hydrogens is 1880 g/mol. The number of ether oxygens (including phenoxy) is 10. The number of hydrogen-bond donors (Lipinski definition) is 6. The van der Waals surface area contributed by atoms with Gasteiger partial charge in [-0.05, 0) is 228 Å². The summed E-state index contributed by atoms with van der Waals surface area (Å²) in [5.41, 5.74) is 20.2. The summed E-state index contributed by atoms with van der Waals surface area (Å²) in [7, 11) is 16.0. The number of carbonyl (C=O) groups is 8. The van der Waals surface area contributed by atoms with Gasteiger partial charge in [0.2, 0.25) is 0 Å². The van der Waals surface area contributed by atoms with Gasteiger partial charge in [0, 0.05) is 129 Å². The summed E-state index contributed by atoms with van der Waals surface area (Å²) in [5, 5.41) is 14.7. The van der Waals surface area contributed by atoms with Gasteiger partial charge >= 0.3 is 29.4 Å². The van der Waals surface area contributed by atoms with E-state index in [1.165, 1.54) is 145 Å². The molecule has 0 radical (unpaired) electrons. The average molecular weight is 2040 g/mol. The summed E-state index contributed by atoms with van der Waals surface area (Å²) < 4.78 is 62.2. The third-order valence-electron chi connectivity index (χ3n) is 32.7. The van der Waals surface area contributed by atoms with Crippen LogP contribution >= 0.6 is 98.0 Å². The van der Waals surface area contributed by atoms with Crippen molar-refractivity contribution in [3.05, 3.63) is 22.3 Å². The topological polar surface area (TPSA) is 385 Å². The first-order valence-corrected chi connectivity index (χ1v) is 62.0. The van der Waals surface area contributed by atoms with Crippen LogP contribution in [-0.4, -0.2) is 224 Å². The van der Waals surface area contributed by atoms with Gasteiger partial charge in [-0.25, -0.2) is 19.2 Å². The zero-order valence-electron chi connectivity index (χ0n) is 81.2. The molecule has 10 N–H and O–H groups in total. The molecule has 18 aliphatic rings. The first kappa shape index (κ1) is 110. The number of halogens is 1. The molecule has 760 valence electrons. The Hall–Kier alpha value is -1.67. The van der Waals surface area contributed by atoms with Gasteiger partial charge in [0.15, 0.2) is 23.4 Å². The van der Waals surface area contributed by atoms with Crippen LogP contribution in [0.3, 0.4) is 0 Å². The lowest BCUT2D eigenvalue weighted by molar-refractivity contribution is -0.137. The van der Waals surface area contributed by atoms with E-state index < -0.39 is 63.3 Å². The number of fused-ring (bicyclic) bond motifs is 8. The largest absolute Gasteiger partial charge is 0.481 e. The van der Waals surface area contributed by atoms with Gasteiger partial charge in [0.1, 0.15) is 77.4 Å². The van der Waals surface area contributed by atoms with Gasteiger partial charge in [0.25, 0.3) is 0 Å². The third kappa shape index (κ3) is 25.2. The van der Waals surface area contributed by atoms with Crippen LogP contribution in [0, 0.1) is 34.5 Å². The molecule has 0 aromatic rings. The van der Waals surface area contributed by atoms with Gasteiger partial charge in [-0.15, -0.1) is 0 Å². The van der Waals surface area contributed by atoms with Gasteiger partial charge in [0.05, 0.1) is 12.2 Å². The number of alkyl carbamates (subject to hydrolysis) is 1. The molecule has 10 saturated heterocycles. The standard InChI is InChI=1S/C36H51NO8S2.C21H23ClO7.2C15H29NOS2.C8H14O2S2.C6H16N2/c1-21(2)34-28(44-34)29-36(45-29)33(3)16-14-24-25(20-41-30(24)39)26(33)19-27-35(36,43-27)31(34)42-32(40)37-17-10-6-4-5-7-11-22(38)12-8-9-13-23-15-18-46-47-23;1-8(2)19-13(28-19)14-21(29-14)18(3)5-4-9-10(7-25-15(9)23)11(18)6-12-20(21,27-12)16(19)26-17(22)24;2*16-12-7-3-1-2-4-8-14(17)9-5-6-10-15-11-13-18-19-15;9-8(10)4-2-1-3-7-5-6-11-12-7;7-5-3-1-2-4-6-8/h21,23,26-29,31H,4-20H2,1-3H3,(H,37,40);8,11-14,16H,4-7H2,1-3H3;2*15H,1-13,16H2;7H,1-6H2,(H,9,10);1-8H2/t23?,26-,27-,28-,29-,31+,33-,34-,35+,36+;11-,12-,13-,14-,16+,18-,19-,20+,21+;;;;/m00..../s1. The first-order chi connectivity index (χ1) is 64.8. The smallest absolute Gasteiger partial charge is 0.407 e.